The van der Waals surface area contributed by atoms with Crippen LogP contribution in [-0.2, 0) is 0 Å². The van der Waals surface area contributed by atoms with Gasteiger partial charge in [-0.25, -0.2) is 4.68 Å². The van der Waals surface area contributed by atoms with E-state index < -0.39 is 0 Å². The summed E-state index contributed by atoms with van der Waals surface area (Å²) in [6, 6.07) is 6.69. The molecule has 0 radical (unpaired) electrons. The number of nitrogens with two attached hydrogens (primary N) is 1. The minimum absolute atomic E-state index is 0.159. The lowest BCUT2D eigenvalue weighted by molar-refractivity contribution is 0.102. The van der Waals surface area contributed by atoms with Gasteiger partial charge in [0.2, 0.25) is 0 Å². The number of anilines is 2. The van der Waals surface area contributed by atoms with E-state index in [0.717, 1.165) is 0 Å². The molecule has 19 heavy (non-hydrogen) atoms. The highest BCUT2D eigenvalue weighted by atomic mass is 35.5. The van der Waals surface area contributed by atoms with E-state index in [4.69, 9.17) is 17.3 Å². The van der Waals surface area contributed by atoms with Crippen LogP contribution in [0.15, 0.2) is 30.5 Å². The van der Waals surface area contributed by atoms with Crippen molar-refractivity contribution in [2.45, 2.75) is 19.9 Å². The maximum absolute atomic E-state index is 12.1. The second-order valence-electron chi connectivity index (χ2n) is 4.45. The van der Waals surface area contributed by atoms with Crippen LogP contribution in [0.3, 0.4) is 0 Å². The fourth-order valence-corrected chi connectivity index (χ4v) is 2.00. The van der Waals surface area contributed by atoms with Gasteiger partial charge in [0.1, 0.15) is 5.82 Å². The number of nitrogens with zero attached hydrogens (tertiary/aromatic N) is 2. The van der Waals surface area contributed by atoms with Crippen molar-refractivity contribution in [3.63, 3.8) is 0 Å². The van der Waals surface area contributed by atoms with Gasteiger partial charge in [0, 0.05) is 17.8 Å². The van der Waals surface area contributed by atoms with Crippen LogP contribution in [0.5, 0.6) is 0 Å². The summed E-state index contributed by atoms with van der Waals surface area (Å²) >= 11 is 6.00. The first-order valence-corrected chi connectivity index (χ1v) is 6.26. The molecule has 6 heteroatoms. The number of amides is 1. The van der Waals surface area contributed by atoms with Crippen molar-refractivity contribution in [3.05, 3.63) is 41.0 Å². The highest BCUT2D eigenvalue weighted by Gasteiger charge is 2.13. The van der Waals surface area contributed by atoms with Gasteiger partial charge in [-0.15, -0.1) is 0 Å². The molecule has 0 aliphatic heterocycles. The summed E-state index contributed by atoms with van der Waals surface area (Å²) in [5.74, 6) is 0.347. The second-order valence-corrected chi connectivity index (χ2v) is 4.86. The molecule has 0 aliphatic carbocycles. The van der Waals surface area contributed by atoms with E-state index >= 15 is 0 Å². The van der Waals surface area contributed by atoms with Crippen LogP contribution < -0.4 is 11.1 Å². The summed E-state index contributed by atoms with van der Waals surface area (Å²) in [5.41, 5.74) is 6.50. The summed E-state index contributed by atoms with van der Waals surface area (Å²) in [5, 5.41) is 7.26. The van der Waals surface area contributed by atoms with Gasteiger partial charge in [-0.2, -0.15) is 5.10 Å². The average molecular weight is 279 g/mol. The lowest BCUT2D eigenvalue weighted by atomic mass is 10.2. The fraction of sp³-hybridized carbons (Fsp3) is 0.231. The van der Waals surface area contributed by atoms with E-state index in [1.165, 1.54) is 0 Å². The molecule has 5 nitrogen and oxygen atoms in total. The molecule has 1 amide bonds. The first-order chi connectivity index (χ1) is 8.99. The zero-order chi connectivity index (χ0) is 14.0. The molecule has 0 aliphatic rings. The van der Waals surface area contributed by atoms with E-state index in [0.29, 0.717) is 22.1 Å². The van der Waals surface area contributed by atoms with E-state index in [1.807, 2.05) is 13.8 Å². The third-order valence-corrected chi connectivity index (χ3v) is 2.95. The molecule has 100 valence electrons. The van der Waals surface area contributed by atoms with Crippen molar-refractivity contribution in [1.82, 2.24) is 9.78 Å². The smallest absolute Gasteiger partial charge is 0.258 e. The van der Waals surface area contributed by atoms with Gasteiger partial charge in [-0.1, -0.05) is 11.6 Å². The number of hydrogen-bond donors (Lipinski definition) is 2. The molecule has 2 rings (SSSR count). The lowest BCUT2D eigenvalue weighted by Gasteiger charge is -2.12. The van der Waals surface area contributed by atoms with Crippen molar-refractivity contribution in [2.24, 2.45) is 0 Å². The van der Waals surface area contributed by atoms with Crippen molar-refractivity contribution >= 4 is 29.0 Å². The number of benzene rings is 1. The molecule has 3 N–H and O–H groups in total. The quantitative estimate of drug-likeness (QED) is 0.848. The summed E-state index contributed by atoms with van der Waals surface area (Å²) in [4.78, 5) is 12.1. The summed E-state index contributed by atoms with van der Waals surface area (Å²) in [6.07, 6.45) is 1.64. The van der Waals surface area contributed by atoms with Crippen molar-refractivity contribution < 1.29 is 4.79 Å². The molecule has 0 fully saturated rings. The molecular formula is C13H15ClN4O. The van der Waals surface area contributed by atoms with Crippen molar-refractivity contribution in [2.75, 3.05) is 11.1 Å². The van der Waals surface area contributed by atoms with E-state index in [2.05, 4.69) is 10.4 Å². The monoisotopic (exact) mass is 278 g/mol. The molecule has 1 aromatic carbocycles. The summed E-state index contributed by atoms with van der Waals surface area (Å²) < 4.78 is 1.73. The summed E-state index contributed by atoms with van der Waals surface area (Å²) in [6.45, 7) is 3.97. The van der Waals surface area contributed by atoms with Gasteiger partial charge in [-0.05, 0) is 32.0 Å². The van der Waals surface area contributed by atoms with Crippen LogP contribution in [0.1, 0.15) is 30.2 Å². The molecular weight excluding hydrogens is 264 g/mol. The number of aromatic nitrogens is 2. The molecule has 0 saturated carbocycles. The van der Waals surface area contributed by atoms with Crippen LogP contribution >= 0.6 is 11.6 Å². The first kappa shape index (κ1) is 13.4. The second kappa shape index (κ2) is 5.32. The number of halogens is 1. The third-order valence-electron chi connectivity index (χ3n) is 2.64. The minimum Gasteiger partial charge on any atom is -0.399 e. The van der Waals surface area contributed by atoms with E-state index in [1.54, 1.807) is 35.1 Å². The average Bonchev–Trinajstić information content (AvgIpc) is 2.76. The van der Waals surface area contributed by atoms with Gasteiger partial charge >= 0.3 is 0 Å². The highest BCUT2D eigenvalue weighted by molar-refractivity contribution is 6.34. The number of carbonyl (C=O) groups excluding carboxylic acids is 1. The molecule has 0 saturated heterocycles. The molecule has 0 unspecified atom stereocenters. The Bertz CT molecular complexity index is 606. The zero-order valence-electron chi connectivity index (χ0n) is 10.7. The SMILES string of the molecule is CC(C)n1nccc1NC(=O)c1ccc(N)cc1Cl. The standard InChI is InChI=1S/C13H15ClN4O/c1-8(2)18-12(5-6-16-18)17-13(19)10-4-3-9(15)7-11(10)14/h3-8H,15H2,1-2H3,(H,17,19). The van der Waals surface area contributed by atoms with Gasteiger partial charge in [-0.3, -0.25) is 4.79 Å². The Morgan fingerprint density at radius 1 is 1.42 bits per heavy atom. The number of hydrogen-bond acceptors (Lipinski definition) is 3. The Morgan fingerprint density at radius 2 is 2.16 bits per heavy atom. The van der Waals surface area contributed by atoms with Crippen LogP contribution in [-0.4, -0.2) is 15.7 Å². The predicted octanol–water partition coefficient (Wildman–Crippen LogP) is 2.95. The Hall–Kier alpha value is -2.01. The van der Waals surface area contributed by atoms with Gasteiger partial charge in [0.15, 0.2) is 0 Å². The maximum atomic E-state index is 12.1. The molecule has 1 aromatic heterocycles. The highest BCUT2D eigenvalue weighted by Crippen LogP contribution is 2.21. The molecule has 0 bridgehead atoms. The predicted molar refractivity (Wildman–Crippen MR) is 76.4 cm³/mol. The van der Waals surface area contributed by atoms with Crippen LogP contribution in [0.2, 0.25) is 5.02 Å². The number of rotatable bonds is 3. The molecule has 0 atom stereocenters. The normalized spacial score (nSPS) is 10.7. The summed E-state index contributed by atoms with van der Waals surface area (Å²) in [7, 11) is 0. The van der Waals surface area contributed by atoms with Crippen LogP contribution in [0, 0.1) is 0 Å². The Kier molecular flexibility index (Phi) is 3.76. The Morgan fingerprint density at radius 3 is 2.79 bits per heavy atom. The topological polar surface area (TPSA) is 72.9 Å². The molecule has 2 aromatic rings. The molecule has 1 heterocycles. The van der Waals surface area contributed by atoms with Crippen molar-refractivity contribution in [1.29, 1.82) is 0 Å². The Balaban J connectivity index is 2.23. The Labute approximate surface area is 116 Å². The number of nitrogens with one attached hydrogen (secondary N) is 1. The van der Waals surface area contributed by atoms with Crippen molar-refractivity contribution in [3.8, 4) is 0 Å². The maximum Gasteiger partial charge on any atom is 0.258 e. The van der Waals surface area contributed by atoms with Crippen LogP contribution in [0.4, 0.5) is 11.5 Å². The van der Waals surface area contributed by atoms with Gasteiger partial charge in [0.25, 0.3) is 5.91 Å². The number of nitrogen functional groups attached to an aromatic ring is 1. The van der Waals surface area contributed by atoms with E-state index in [9.17, 15) is 4.79 Å². The molecule has 0 spiro atoms. The fourth-order valence-electron chi connectivity index (χ4n) is 1.72. The van der Waals surface area contributed by atoms with Gasteiger partial charge in [0.05, 0.1) is 16.8 Å². The zero-order valence-corrected chi connectivity index (χ0v) is 11.5. The number of carbonyl (C=O) groups is 1. The first-order valence-electron chi connectivity index (χ1n) is 5.89. The largest absolute Gasteiger partial charge is 0.399 e. The minimum atomic E-state index is -0.285. The van der Waals surface area contributed by atoms with Crippen LogP contribution in [0.25, 0.3) is 0 Å². The van der Waals surface area contributed by atoms with E-state index in [-0.39, 0.29) is 11.9 Å². The van der Waals surface area contributed by atoms with Gasteiger partial charge < -0.3 is 11.1 Å². The lowest BCUT2D eigenvalue weighted by Crippen LogP contribution is -2.17. The third kappa shape index (κ3) is 2.88.